The molecule has 0 bridgehead atoms. The van der Waals surface area contributed by atoms with Crippen LogP contribution in [0.15, 0.2) is 0 Å². The summed E-state index contributed by atoms with van der Waals surface area (Å²) in [5.41, 5.74) is -1.17. The Kier molecular flexibility index (Phi) is 4.46. The van der Waals surface area contributed by atoms with Gasteiger partial charge in [0.1, 0.15) is 0 Å². The summed E-state index contributed by atoms with van der Waals surface area (Å²) in [5.74, 6) is 2.48. The molecule has 0 spiro atoms. The summed E-state index contributed by atoms with van der Waals surface area (Å²) in [5, 5.41) is 10.0. The van der Waals surface area contributed by atoms with E-state index in [9.17, 15) is 5.11 Å². The smallest absolute Gasteiger partial charge is 0.0800 e. The van der Waals surface area contributed by atoms with Gasteiger partial charge in [-0.25, -0.2) is 0 Å². The van der Waals surface area contributed by atoms with Crippen LogP contribution in [0.3, 0.4) is 0 Å². The van der Waals surface area contributed by atoms with Crippen molar-refractivity contribution in [1.29, 1.82) is 0 Å². The fourth-order valence-corrected chi connectivity index (χ4v) is 0.951. The van der Waals surface area contributed by atoms with E-state index in [0.29, 0.717) is 19.6 Å². The molecule has 1 unspecified atom stereocenters. The summed E-state index contributed by atoms with van der Waals surface area (Å²) in [6.45, 7) is 8.80. The molecule has 0 aromatic carbocycles. The molecule has 0 aromatic rings. The maximum Gasteiger partial charge on any atom is 0.0800 e. The normalized spacial score (nSPS) is 16.3. The standard InChI is InChI=1S/C11H20O2/c1-6-8-11(5,12)10(3,4)9-13-7-2/h1,12H,7-9H2,2-5H3. The minimum atomic E-state index is -0.864. The van der Waals surface area contributed by atoms with Crippen molar-refractivity contribution < 1.29 is 9.84 Å². The Morgan fingerprint density at radius 1 is 1.38 bits per heavy atom. The van der Waals surface area contributed by atoms with Gasteiger partial charge in [-0.1, -0.05) is 13.8 Å². The van der Waals surface area contributed by atoms with Gasteiger partial charge in [0.05, 0.1) is 12.2 Å². The zero-order chi connectivity index (χ0) is 10.5. The fourth-order valence-electron chi connectivity index (χ4n) is 0.951. The molecule has 0 aromatic heterocycles. The van der Waals surface area contributed by atoms with E-state index in [1.165, 1.54) is 0 Å². The third-order valence-electron chi connectivity index (χ3n) is 2.57. The van der Waals surface area contributed by atoms with Gasteiger partial charge < -0.3 is 9.84 Å². The van der Waals surface area contributed by atoms with Gasteiger partial charge in [0, 0.05) is 18.4 Å². The molecule has 0 saturated carbocycles. The lowest BCUT2D eigenvalue weighted by molar-refractivity contribution is -0.0874. The molecule has 0 radical (unpaired) electrons. The van der Waals surface area contributed by atoms with Crippen LogP contribution >= 0.6 is 0 Å². The van der Waals surface area contributed by atoms with E-state index in [1.54, 1.807) is 6.92 Å². The third-order valence-corrected chi connectivity index (χ3v) is 2.57. The van der Waals surface area contributed by atoms with E-state index >= 15 is 0 Å². The molecule has 0 aliphatic carbocycles. The Hall–Kier alpha value is -0.520. The van der Waals surface area contributed by atoms with Gasteiger partial charge >= 0.3 is 0 Å². The van der Waals surface area contributed by atoms with Crippen molar-refractivity contribution in [3.05, 3.63) is 0 Å². The number of aliphatic hydroxyl groups is 1. The van der Waals surface area contributed by atoms with E-state index in [4.69, 9.17) is 11.2 Å². The van der Waals surface area contributed by atoms with E-state index < -0.39 is 5.60 Å². The van der Waals surface area contributed by atoms with Crippen molar-refractivity contribution in [2.45, 2.75) is 39.7 Å². The largest absolute Gasteiger partial charge is 0.389 e. The molecule has 1 N–H and O–H groups in total. The molecule has 2 heteroatoms. The maximum atomic E-state index is 10.0. The van der Waals surface area contributed by atoms with Crippen LogP contribution in [0.25, 0.3) is 0 Å². The first-order valence-electron chi connectivity index (χ1n) is 4.61. The first kappa shape index (κ1) is 12.5. The molecule has 0 amide bonds. The topological polar surface area (TPSA) is 29.5 Å². The number of rotatable bonds is 5. The first-order chi connectivity index (χ1) is 5.87. The number of terminal acetylenes is 1. The van der Waals surface area contributed by atoms with E-state index in [0.717, 1.165) is 0 Å². The van der Waals surface area contributed by atoms with E-state index in [1.807, 2.05) is 20.8 Å². The minimum Gasteiger partial charge on any atom is -0.389 e. The van der Waals surface area contributed by atoms with Gasteiger partial charge in [-0.05, 0) is 13.8 Å². The van der Waals surface area contributed by atoms with Crippen LogP contribution in [-0.4, -0.2) is 23.9 Å². The SMILES string of the molecule is C#CCC(C)(O)C(C)(C)COCC. The highest BCUT2D eigenvalue weighted by atomic mass is 16.5. The van der Waals surface area contributed by atoms with Gasteiger partial charge in [0.2, 0.25) is 0 Å². The van der Waals surface area contributed by atoms with Crippen LogP contribution in [0.4, 0.5) is 0 Å². The Bertz CT molecular complexity index is 187. The van der Waals surface area contributed by atoms with Crippen molar-refractivity contribution in [2.75, 3.05) is 13.2 Å². The Labute approximate surface area is 81.3 Å². The maximum absolute atomic E-state index is 10.0. The first-order valence-corrected chi connectivity index (χ1v) is 4.61. The summed E-state index contributed by atoms with van der Waals surface area (Å²) in [7, 11) is 0. The third kappa shape index (κ3) is 3.38. The summed E-state index contributed by atoms with van der Waals surface area (Å²) >= 11 is 0. The Balaban J connectivity index is 4.33. The van der Waals surface area contributed by atoms with Gasteiger partial charge in [0.25, 0.3) is 0 Å². The molecule has 76 valence electrons. The van der Waals surface area contributed by atoms with Crippen LogP contribution in [0.1, 0.15) is 34.1 Å². The second-order valence-electron chi connectivity index (χ2n) is 4.18. The van der Waals surface area contributed by atoms with Crippen LogP contribution in [0, 0.1) is 17.8 Å². The Morgan fingerprint density at radius 3 is 2.31 bits per heavy atom. The zero-order valence-corrected chi connectivity index (χ0v) is 9.05. The highest BCUT2D eigenvalue weighted by Gasteiger charge is 2.38. The van der Waals surface area contributed by atoms with Crippen LogP contribution in [0.2, 0.25) is 0 Å². The van der Waals surface area contributed by atoms with Crippen molar-refractivity contribution in [3.63, 3.8) is 0 Å². The molecule has 13 heavy (non-hydrogen) atoms. The number of hydrogen-bond acceptors (Lipinski definition) is 2. The summed E-state index contributed by atoms with van der Waals surface area (Å²) in [6.07, 6.45) is 5.54. The number of hydrogen-bond donors (Lipinski definition) is 1. The lowest BCUT2D eigenvalue weighted by atomic mass is 9.75. The predicted molar refractivity (Wildman–Crippen MR) is 54.3 cm³/mol. The van der Waals surface area contributed by atoms with Gasteiger partial charge in [0.15, 0.2) is 0 Å². The average Bonchev–Trinajstić information content (AvgIpc) is 2.00. The highest BCUT2D eigenvalue weighted by Crippen LogP contribution is 2.33. The van der Waals surface area contributed by atoms with Gasteiger partial charge in [-0.2, -0.15) is 0 Å². The summed E-state index contributed by atoms with van der Waals surface area (Å²) in [6, 6.07) is 0. The highest BCUT2D eigenvalue weighted by molar-refractivity contribution is 5.00. The molecule has 0 heterocycles. The molecule has 2 nitrogen and oxygen atoms in total. The average molecular weight is 184 g/mol. The van der Waals surface area contributed by atoms with E-state index in [2.05, 4.69) is 5.92 Å². The molecule has 0 aliphatic heterocycles. The van der Waals surface area contributed by atoms with Gasteiger partial charge in [-0.15, -0.1) is 12.3 Å². The van der Waals surface area contributed by atoms with Crippen LogP contribution in [0.5, 0.6) is 0 Å². The second-order valence-corrected chi connectivity index (χ2v) is 4.18. The fraction of sp³-hybridized carbons (Fsp3) is 0.818. The van der Waals surface area contributed by atoms with Crippen molar-refractivity contribution in [3.8, 4) is 12.3 Å². The van der Waals surface area contributed by atoms with E-state index in [-0.39, 0.29) is 5.41 Å². The van der Waals surface area contributed by atoms with Crippen molar-refractivity contribution >= 4 is 0 Å². The van der Waals surface area contributed by atoms with Crippen LogP contribution < -0.4 is 0 Å². The molecular formula is C11H20O2. The summed E-state index contributed by atoms with van der Waals surface area (Å²) < 4.78 is 5.30. The molecule has 0 rings (SSSR count). The lowest BCUT2D eigenvalue weighted by Crippen LogP contribution is -2.44. The van der Waals surface area contributed by atoms with Crippen molar-refractivity contribution in [2.24, 2.45) is 5.41 Å². The second kappa shape index (κ2) is 4.64. The molecule has 1 atom stereocenters. The molecular weight excluding hydrogens is 164 g/mol. The molecule has 0 aliphatic rings. The number of ether oxygens (including phenoxy) is 1. The zero-order valence-electron chi connectivity index (χ0n) is 9.05. The summed E-state index contributed by atoms with van der Waals surface area (Å²) in [4.78, 5) is 0. The molecule has 0 saturated heterocycles. The van der Waals surface area contributed by atoms with Crippen molar-refractivity contribution in [1.82, 2.24) is 0 Å². The minimum absolute atomic E-state index is 0.310. The monoisotopic (exact) mass is 184 g/mol. The van der Waals surface area contributed by atoms with Gasteiger partial charge in [-0.3, -0.25) is 0 Å². The molecule has 0 fully saturated rings. The predicted octanol–water partition coefficient (Wildman–Crippen LogP) is 1.82. The lowest BCUT2D eigenvalue weighted by Gasteiger charge is -2.38. The Morgan fingerprint density at radius 2 is 1.92 bits per heavy atom. The quantitative estimate of drug-likeness (QED) is 0.660. The van der Waals surface area contributed by atoms with Crippen LogP contribution in [-0.2, 0) is 4.74 Å².